The Kier molecular flexibility index (Phi) is 4.40. The largest absolute Gasteiger partial charge is 0.480 e. The third-order valence-corrected chi connectivity index (χ3v) is 6.05. The monoisotopic (exact) mass is 319 g/mol. The zero-order chi connectivity index (χ0) is 14.8. The molecule has 0 aromatic carbocycles. The Bertz CT molecular complexity index is 591. The Hall–Kier alpha value is -1.06. The number of aliphatic carboxylic acids is 1. The summed E-state index contributed by atoms with van der Waals surface area (Å²) in [5.74, 6) is -0.0192. The Morgan fingerprint density at radius 3 is 3.00 bits per heavy atom. The summed E-state index contributed by atoms with van der Waals surface area (Å²) in [7, 11) is -3.64. The number of carbonyl (C=O) groups is 1. The molecule has 1 aliphatic heterocycles. The zero-order valence-electron chi connectivity index (χ0n) is 11.1. The van der Waals surface area contributed by atoms with E-state index in [9.17, 15) is 13.2 Å². The quantitative estimate of drug-likeness (QED) is 0.793. The number of nitrogens with one attached hydrogen (secondary N) is 1. The number of aromatic nitrogens is 2. The molecule has 0 spiro atoms. The molecule has 7 nitrogen and oxygen atoms in total. The fourth-order valence-electron chi connectivity index (χ4n) is 2.02. The van der Waals surface area contributed by atoms with Crippen LogP contribution in [-0.2, 0) is 21.4 Å². The van der Waals surface area contributed by atoms with Gasteiger partial charge in [0.05, 0.1) is 6.20 Å². The van der Waals surface area contributed by atoms with Gasteiger partial charge in [-0.1, -0.05) is 0 Å². The predicted octanol–water partition coefficient (Wildman–Crippen LogP) is 0.532. The van der Waals surface area contributed by atoms with Crippen molar-refractivity contribution in [2.75, 3.05) is 12.3 Å². The van der Waals surface area contributed by atoms with Gasteiger partial charge in [0, 0.05) is 17.5 Å². The van der Waals surface area contributed by atoms with Crippen LogP contribution in [0.3, 0.4) is 0 Å². The number of hydrogen-bond donors (Lipinski definition) is 2. The molecule has 2 N–H and O–H groups in total. The lowest BCUT2D eigenvalue weighted by Gasteiger charge is -2.22. The number of nitrogens with zero attached hydrogens (tertiary/aromatic N) is 2. The van der Waals surface area contributed by atoms with E-state index < -0.39 is 16.0 Å². The Morgan fingerprint density at radius 1 is 1.65 bits per heavy atom. The molecule has 0 bridgehead atoms. The number of carboxylic acids is 1. The maximum Gasteiger partial charge on any atom is 0.325 e. The number of carboxylic acid groups (broad SMARTS) is 1. The third-order valence-electron chi connectivity index (χ3n) is 3.15. The maximum atomic E-state index is 12.1. The van der Waals surface area contributed by atoms with Crippen molar-refractivity contribution in [3.05, 3.63) is 12.4 Å². The number of rotatable bonds is 6. The van der Waals surface area contributed by atoms with Crippen molar-refractivity contribution < 1.29 is 18.3 Å². The van der Waals surface area contributed by atoms with E-state index in [1.807, 2.05) is 6.92 Å². The summed E-state index contributed by atoms with van der Waals surface area (Å²) < 4.78 is 27.8. The van der Waals surface area contributed by atoms with Crippen LogP contribution in [0, 0.1) is 0 Å². The molecule has 2 heterocycles. The van der Waals surface area contributed by atoms with E-state index in [4.69, 9.17) is 5.11 Å². The van der Waals surface area contributed by atoms with Crippen LogP contribution in [0.1, 0.15) is 19.8 Å². The van der Waals surface area contributed by atoms with E-state index in [0.29, 0.717) is 6.54 Å². The molecule has 1 aromatic heterocycles. The second-order valence-electron chi connectivity index (χ2n) is 4.99. The molecule has 20 heavy (non-hydrogen) atoms. The molecule has 1 atom stereocenters. The highest BCUT2D eigenvalue weighted by Crippen LogP contribution is 2.37. The van der Waals surface area contributed by atoms with Crippen molar-refractivity contribution in [1.82, 2.24) is 14.5 Å². The molecule has 9 heteroatoms. The normalized spacial score (nSPS) is 23.1. The Labute approximate surface area is 121 Å². The summed E-state index contributed by atoms with van der Waals surface area (Å²) in [6.45, 7) is 2.05. The van der Waals surface area contributed by atoms with Gasteiger partial charge in [0.1, 0.15) is 11.4 Å². The van der Waals surface area contributed by atoms with Gasteiger partial charge < -0.3 is 5.11 Å². The van der Waals surface area contributed by atoms with Crippen molar-refractivity contribution in [2.45, 2.75) is 36.0 Å². The minimum Gasteiger partial charge on any atom is -0.480 e. The minimum absolute atomic E-state index is 0.00894. The van der Waals surface area contributed by atoms with Crippen LogP contribution in [0.5, 0.6) is 0 Å². The van der Waals surface area contributed by atoms with Gasteiger partial charge in [0.2, 0.25) is 10.0 Å². The third kappa shape index (κ3) is 3.74. The number of thioether (sulfide) groups is 1. The van der Waals surface area contributed by atoms with Crippen LogP contribution in [0.15, 0.2) is 17.3 Å². The smallest absolute Gasteiger partial charge is 0.325 e. The van der Waals surface area contributed by atoms with Gasteiger partial charge >= 0.3 is 5.97 Å². The van der Waals surface area contributed by atoms with Gasteiger partial charge in [-0.3, -0.25) is 9.48 Å². The summed E-state index contributed by atoms with van der Waals surface area (Å²) in [5.41, 5.74) is 0. The molecule has 1 unspecified atom stereocenters. The highest BCUT2D eigenvalue weighted by molar-refractivity contribution is 8.01. The van der Waals surface area contributed by atoms with E-state index in [-0.39, 0.29) is 16.2 Å². The van der Waals surface area contributed by atoms with Crippen molar-refractivity contribution >= 4 is 27.8 Å². The second kappa shape index (κ2) is 5.74. The van der Waals surface area contributed by atoms with E-state index in [2.05, 4.69) is 9.82 Å². The molecule has 0 aliphatic carbocycles. The minimum atomic E-state index is -3.64. The highest BCUT2D eigenvalue weighted by atomic mass is 32.2. The van der Waals surface area contributed by atoms with Crippen LogP contribution in [-0.4, -0.2) is 46.3 Å². The van der Waals surface area contributed by atoms with Crippen LogP contribution in [0.2, 0.25) is 0 Å². The first kappa shape index (κ1) is 15.3. The van der Waals surface area contributed by atoms with E-state index >= 15 is 0 Å². The predicted molar refractivity (Wildman–Crippen MR) is 75.1 cm³/mol. The molecule has 1 aliphatic rings. The van der Waals surface area contributed by atoms with Crippen LogP contribution >= 0.6 is 11.8 Å². The number of sulfonamides is 1. The van der Waals surface area contributed by atoms with E-state index in [1.165, 1.54) is 6.20 Å². The molecule has 1 aromatic rings. The first-order valence-corrected chi connectivity index (χ1v) is 8.66. The van der Waals surface area contributed by atoms with E-state index in [1.54, 1.807) is 11.8 Å². The fourth-order valence-corrected chi connectivity index (χ4v) is 4.47. The molecular weight excluding hydrogens is 302 g/mol. The Balaban J connectivity index is 2.02. The first-order valence-electron chi connectivity index (χ1n) is 6.19. The molecule has 112 valence electrons. The molecule has 0 saturated carbocycles. The van der Waals surface area contributed by atoms with Crippen molar-refractivity contribution in [3.63, 3.8) is 0 Å². The maximum absolute atomic E-state index is 12.1. The van der Waals surface area contributed by atoms with Crippen LogP contribution in [0.4, 0.5) is 0 Å². The summed E-state index contributed by atoms with van der Waals surface area (Å²) >= 11 is 1.77. The van der Waals surface area contributed by atoms with Crippen LogP contribution < -0.4 is 4.72 Å². The van der Waals surface area contributed by atoms with Crippen molar-refractivity contribution in [1.29, 1.82) is 0 Å². The molecule has 1 fully saturated rings. The zero-order valence-corrected chi connectivity index (χ0v) is 12.7. The van der Waals surface area contributed by atoms with E-state index in [0.717, 1.165) is 29.5 Å². The second-order valence-corrected chi connectivity index (χ2v) is 8.44. The Morgan fingerprint density at radius 2 is 2.40 bits per heavy atom. The fraction of sp³-hybridized carbons (Fsp3) is 0.636. The lowest BCUT2D eigenvalue weighted by atomic mass is 10.1. The average Bonchev–Trinajstić information content (AvgIpc) is 2.97. The van der Waals surface area contributed by atoms with Gasteiger partial charge in [0.25, 0.3) is 0 Å². The molecule has 0 amide bonds. The molecule has 1 saturated heterocycles. The summed E-state index contributed by atoms with van der Waals surface area (Å²) in [6, 6.07) is 0. The summed E-state index contributed by atoms with van der Waals surface area (Å²) in [6.07, 6.45) is 4.47. The van der Waals surface area contributed by atoms with Gasteiger partial charge in [-0.05, 0) is 25.5 Å². The van der Waals surface area contributed by atoms with Gasteiger partial charge in [-0.2, -0.15) is 16.9 Å². The first-order chi connectivity index (χ1) is 9.31. The highest BCUT2D eigenvalue weighted by Gasteiger charge is 2.31. The van der Waals surface area contributed by atoms with Crippen molar-refractivity contribution in [2.24, 2.45) is 0 Å². The van der Waals surface area contributed by atoms with Gasteiger partial charge in [0.15, 0.2) is 0 Å². The SMILES string of the molecule is CC1(CNS(=O)(=O)c2cnn(CC(=O)O)c2)CCCS1. The standard InChI is InChI=1S/C11H17N3O4S2/c1-11(3-2-4-19-11)8-13-20(17,18)9-5-12-14(6-9)7-10(15)16/h5-6,13H,2-4,7-8H2,1H3,(H,15,16). The van der Waals surface area contributed by atoms with Crippen LogP contribution in [0.25, 0.3) is 0 Å². The van der Waals surface area contributed by atoms with Gasteiger partial charge in [-0.15, -0.1) is 0 Å². The average molecular weight is 319 g/mol. The van der Waals surface area contributed by atoms with Crippen molar-refractivity contribution in [3.8, 4) is 0 Å². The topological polar surface area (TPSA) is 101 Å². The summed E-state index contributed by atoms with van der Waals surface area (Å²) in [5, 5.41) is 12.4. The molecule has 0 radical (unpaired) electrons. The lowest BCUT2D eigenvalue weighted by Crippen LogP contribution is -2.36. The summed E-state index contributed by atoms with van der Waals surface area (Å²) in [4.78, 5) is 10.5. The lowest BCUT2D eigenvalue weighted by molar-refractivity contribution is -0.137. The number of hydrogen-bond acceptors (Lipinski definition) is 5. The molecule has 2 rings (SSSR count). The van der Waals surface area contributed by atoms with Gasteiger partial charge in [-0.25, -0.2) is 13.1 Å². The molecular formula is C11H17N3O4S2.